The number of thioether (sulfide) groups is 1. The molecule has 4 rings (SSSR count). The Kier molecular flexibility index (Phi) is 6.96. The number of aromatic nitrogens is 1. The molecule has 0 saturated carbocycles. The van der Waals surface area contributed by atoms with E-state index >= 15 is 0 Å². The Hall–Kier alpha value is -3.05. The van der Waals surface area contributed by atoms with E-state index in [0.717, 1.165) is 51.7 Å². The average molecular weight is 445 g/mol. The van der Waals surface area contributed by atoms with Gasteiger partial charge in [0.2, 0.25) is 11.8 Å². The molecule has 0 spiro atoms. The molecule has 1 atom stereocenters. The molecule has 0 saturated heterocycles. The monoisotopic (exact) mass is 444 g/mol. The van der Waals surface area contributed by atoms with Crippen LogP contribution in [0.3, 0.4) is 0 Å². The quantitative estimate of drug-likeness (QED) is 0.294. The van der Waals surface area contributed by atoms with Gasteiger partial charge in [0, 0.05) is 27.8 Å². The first kappa shape index (κ1) is 22.2. The Morgan fingerprint density at radius 2 is 1.47 bits per heavy atom. The second-order valence-corrected chi connectivity index (χ2v) is 9.17. The van der Waals surface area contributed by atoms with Crippen molar-refractivity contribution in [1.29, 1.82) is 0 Å². The van der Waals surface area contributed by atoms with Crippen LogP contribution in [-0.2, 0) is 4.79 Å². The van der Waals surface area contributed by atoms with E-state index in [-0.39, 0.29) is 17.1 Å². The summed E-state index contributed by atoms with van der Waals surface area (Å²) in [6.07, 6.45) is 3.16. The van der Waals surface area contributed by atoms with Crippen molar-refractivity contribution < 1.29 is 9.59 Å². The maximum absolute atomic E-state index is 13.7. The number of hydrogen-bond donors (Lipinski definition) is 1. The number of carbonyl (C=O) groups excluding carboxylic acids is 2. The summed E-state index contributed by atoms with van der Waals surface area (Å²) in [6, 6.07) is 23.9. The summed E-state index contributed by atoms with van der Waals surface area (Å²) < 4.78 is 1.87. The zero-order chi connectivity index (χ0) is 22.5. The largest absolute Gasteiger partial charge is 0.326 e. The SMILES string of the molecule is CCCCC(=O)Nc1ccc(SC(CC)C(=O)n2c3ccccc3c3ccccc32)cc1. The van der Waals surface area contributed by atoms with Gasteiger partial charge in [-0.2, -0.15) is 0 Å². The van der Waals surface area contributed by atoms with Crippen molar-refractivity contribution >= 4 is 51.1 Å². The smallest absolute Gasteiger partial charge is 0.245 e. The van der Waals surface area contributed by atoms with Crippen LogP contribution in [0.1, 0.15) is 44.3 Å². The van der Waals surface area contributed by atoms with Gasteiger partial charge in [-0.15, -0.1) is 11.8 Å². The van der Waals surface area contributed by atoms with E-state index in [1.165, 1.54) is 0 Å². The molecule has 0 aliphatic rings. The molecule has 1 unspecified atom stereocenters. The van der Waals surface area contributed by atoms with Crippen molar-refractivity contribution in [2.24, 2.45) is 0 Å². The maximum atomic E-state index is 13.7. The summed E-state index contributed by atoms with van der Waals surface area (Å²) >= 11 is 1.57. The van der Waals surface area contributed by atoms with Crippen LogP contribution in [0.4, 0.5) is 5.69 Å². The fourth-order valence-electron chi connectivity index (χ4n) is 3.95. The highest BCUT2D eigenvalue weighted by molar-refractivity contribution is 8.00. The van der Waals surface area contributed by atoms with Gasteiger partial charge in [0.15, 0.2) is 0 Å². The van der Waals surface area contributed by atoms with E-state index in [2.05, 4.69) is 24.4 Å². The third kappa shape index (κ3) is 4.58. The van der Waals surface area contributed by atoms with Gasteiger partial charge in [0.05, 0.1) is 16.3 Å². The number of nitrogens with one attached hydrogen (secondary N) is 1. The van der Waals surface area contributed by atoms with Gasteiger partial charge in [-0.25, -0.2) is 0 Å². The molecular formula is C27H28N2O2S. The number of para-hydroxylation sites is 2. The van der Waals surface area contributed by atoms with Gasteiger partial charge >= 0.3 is 0 Å². The van der Waals surface area contributed by atoms with Gasteiger partial charge in [-0.05, 0) is 49.2 Å². The number of hydrogen-bond acceptors (Lipinski definition) is 3. The van der Waals surface area contributed by atoms with Crippen molar-refractivity contribution in [3.8, 4) is 0 Å². The Bertz CT molecular complexity index is 1190. The first-order valence-corrected chi connectivity index (χ1v) is 12.1. The van der Waals surface area contributed by atoms with Crippen LogP contribution in [0.2, 0.25) is 0 Å². The maximum Gasteiger partial charge on any atom is 0.245 e. The highest BCUT2D eigenvalue weighted by atomic mass is 32.2. The molecule has 1 N–H and O–H groups in total. The van der Waals surface area contributed by atoms with Crippen LogP contribution in [0, 0.1) is 0 Å². The van der Waals surface area contributed by atoms with Crippen molar-refractivity contribution in [3.63, 3.8) is 0 Å². The number of benzene rings is 3. The van der Waals surface area contributed by atoms with Gasteiger partial charge in [0.1, 0.15) is 0 Å². The van der Waals surface area contributed by atoms with Crippen LogP contribution in [0.15, 0.2) is 77.7 Å². The molecule has 0 radical (unpaired) electrons. The first-order valence-electron chi connectivity index (χ1n) is 11.2. The number of amides is 1. The number of rotatable bonds is 8. The van der Waals surface area contributed by atoms with Crippen LogP contribution in [0.5, 0.6) is 0 Å². The zero-order valence-corrected chi connectivity index (χ0v) is 19.3. The minimum absolute atomic E-state index is 0.0419. The predicted octanol–water partition coefficient (Wildman–Crippen LogP) is 7.13. The van der Waals surface area contributed by atoms with E-state index in [9.17, 15) is 9.59 Å². The predicted molar refractivity (Wildman–Crippen MR) is 135 cm³/mol. The standard InChI is InChI=1S/C27H28N2O2S/c1-3-5-14-26(30)28-19-15-17-20(18-16-19)32-25(4-2)27(31)29-23-12-8-6-10-21(23)22-11-7-9-13-24(22)29/h6-13,15-18,25H,3-5,14H2,1-2H3,(H,28,30). The van der Waals surface area contributed by atoms with E-state index < -0.39 is 0 Å². The number of fused-ring (bicyclic) bond motifs is 3. The highest BCUT2D eigenvalue weighted by Gasteiger charge is 2.23. The van der Waals surface area contributed by atoms with Gasteiger partial charge in [0.25, 0.3) is 0 Å². The number of unbranched alkanes of at least 4 members (excludes halogenated alkanes) is 1. The summed E-state index contributed by atoms with van der Waals surface area (Å²) in [5, 5.41) is 4.92. The molecule has 1 amide bonds. The van der Waals surface area contributed by atoms with Crippen LogP contribution >= 0.6 is 11.8 Å². The number of anilines is 1. The van der Waals surface area contributed by atoms with Gasteiger partial charge in [-0.1, -0.05) is 56.7 Å². The topological polar surface area (TPSA) is 51.1 Å². The Labute approximate surface area is 193 Å². The van der Waals surface area contributed by atoms with Crippen LogP contribution < -0.4 is 5.32 Å². The number of nitrogens with zero attached hydrogens (tertiary/aromatic N) is 1. The molecule has 3 aromatic carbocycles. The first-order chi connectivity index (χ1) is 15.6. The van der Waals surface area contributed by atoms with E-state index in [0.29, 0.717) is 6.42 Å². The Balaban J connectivity index is 1.56. The van der Waals surface area contributed by atoms with E-state index in [1.807, 2.05) is 72.2 Å². The fourth-order valence-corrected chi connectivity index (χ4v) is 4.95. The average Bonchev–Trinajstić information content (AvgIpc) is 3.16. The fraction of sp³-hybridized carbons (Fsp3) is 0.259. The minimum atomic E-state index is -0.209. The van der Waals surface area contributed by atoms with Crippen LogP contribution in [0.25, 0.3) is 21.8 Å². The molecule has 0 aliphatic heterocycles. The van der Waals surface area contributed by atoms with Crippen molar-refractivity contribution in [1.82, 2.24) is 4.57 Å². The minimum Gasteiger partial charge on any atom is -0.326 e. The lowest BCUT2D eigenvalue weighted by Crippen LogP contribution is -2.23. The summed E-state index contributed by atoms with van der Waals surface area (Å²) in [4.78, 5) is 26.6. The molecule has 0 bridgehead atoms. The third-order valence-corrected chi connectivity index (χ3v) is 6.98. The van der Waals surface area contributed by atoms with Crippen molar-refractivity contribution in [2.75, 3.05) is 5.32 Å². The lowest BCUT2D eigenvalue weighted by molar-refractivity contribution is -0.116. The van der Waals surface area contributed by atoms with Crippen LogP contribution in [-0.4, -0.2) is 21.6 Å². The summed E-state index contributed by atoms with van der Waals surface area (Å²) in [5.74, 6) is 0.132. The lowest BCUT2D eigenvalue weighted by atomic mass is 10.2. The molecule has 0 aliphatic carbocycles. The van der Waals surface area contributed by atoms with Gasteiger partial charge in [-0.3, -0.25) is 14.2 Å². The second kappa shape index (κ2) is 10.0. The molecule has 32 heavy (non-hydrogen) atoms. The molecular weight excluding hydrogens is 416 g/mol. The molecule has 4 nitrogen and oxygen atoms in total. The molecule has 5 heteroatoms. The normalized spacial score (nSPS) is 12.2. The van der Waals surface area contributed by atoms with E-state index in [4.69, 9.17) is 0 Å². The van der Waals surface area contributed by atoms with E-state index in [1.54, 1.807) is 11.8 Å². The molecule has 1 heterocycles. The molecule has 0 fully saturated rings. The van der Waals surface area contributed by atoms with Gasteiger partial charge < -0.3 is 5.32 Å². The Morgan fingerprint density at radius 3 is 2.03 bits per heavy atom. The summed E-state index contributed by atoms with van der Waals surface area (Å²) in [7, 11) is 0. The lowest BCUT2D eigenvalue weighted by Gasteiger charge is -2.16. The Morgan fingerprint density at radius 1 is 0.875 bits per heavy atom. The van der Waals surface area contributed by atoms with Crippen molar-refractivity contribution in [2.45, 2.75) is 49.7 Å². The number of carbonyl (C=O) groups is 2. The molecule has 164 valence electrons. The third-order valence-electron chi connectivity index (χ3n) is 5.62. The van der Waals surface area contributed by atoms with Crippen molar-refractivity contribution in [3.05, 3.63) is 72.8 Å². The highest BCUT2D eigenvalue weighted by Crippen LogP contribution is 2.33. The molecule has 1 aromatic heterocycles. The molecule has 4 aromatic rings. The zero-order valence-electron chi connectivity index (χ0n) is 18.5. The summed E-state index contributed by atoms with van der Waals surface area (Å²) in [6.45, 7) is 4.12. The summed E-state index contributed by atoms with van der Waals surface area (Å²) in [5.41, 5.74) is 2.68. The second-order valence-electron chi connectivity index (χ2n) is 7.90.